The van der Waals surface area contributed by atoms with Gasteiger partial charge in [0, 0.05) is 35.2 Å². The summed E-state index contributed by atoms with van der Waals surface area (Å²) in [5.41, 5.74) is 1.82. The highest BCUT2D eigenvalue weighted by Crippen LogP contribution is 2.22. The van der Waals surface area contributed by atoms with Crippen LogP contribution in [0.5, 0.6) is 0 Å². The Balaban J connectivity index is 1.20. The largest absolute Gasteiger partial charge is 0.355 e. The van der Waals surface area contributed by atoms with E-state index in [0.717, 1.165) is 41.5 Å². The Morgan fingerprint density at radius 1 is 1.24 bits per heavy atom. The molecule has 0 aliphatic carbocycles. The van der Waals surface area contributed by atoms with Crippen molar-refractivity contribution < 1.29 is 13.7 Å². The molecule has 9 heteroatoms. The second-order valence-electron chi connectivity index (χ2n) is 8.03. The molecular formula is C24H26ClFN4O2S. The molecule has 1 amide bonds. The maximum atomic E-state index is 13.1. The molecule has 1 aliphatic rings. The first-order valence-corrected chi connectivity index (χ1v) is 12.5. The minimum atomic E-state index is -0.306. The summed E-state index contributed by atoms with van der Waals surface area (Å²) in [5, 5.41) is 7.84. The first-order chi connectivity index (χ1) is 16.1. The van der Waals surface area contributed by atoms with Gasteiger partial charge in [0.15, 0.2) is 0 Å². The number of carbonyl (C=O) groups is 1. The third-order valence-corrected chi connectivity index (χ3v) is 6.94. The summed E-state index contributed by atoms with van der Waals surface area (Å²) in [5.74, 6) is 2.33. The van der Waals surface area contributed by atoms with Crippen molar-refractivity contribution in [2.45, 2.75) is 25.1 Å². The standard InChI is InChI=1S/C24H26ClFN4O2S/c25-21-6-2-1-4-19(21)16-33-13-11-27-24(31)18-5-3-12-30(14-18)15-22-28-23(29-32-22)17-7-9-20(26)10-8-17/h1-2,4,6-10,18H,3,5,11-16H2,(H,27,31). The Bertz CT molecular complexity index is 1060. The van der Waals surface area contributed by atoms with Crippen molar-refractivity contribution in [3.05, 3.63) is 70.8 Å². The van der Waals surface area contributed by atoms with Crippen LogP contribution < -0.4 is 5.32 Å². The molecule has 1 N–H and O–H groups in total. The van der Waals surface area contributed by atoms with Gasteiger partial charge in [-0.1, -0.05) is 35.0 Å². The molecule has 0 radical (unpaired) electrons. The Labute approximate surface area is 201 Å². The van der Waals surface area contributed by atoms with Crippen molar-refractivity contribution in [3.63, 3.8) is 0 Å². The summed E-state index contributed by atoms with van der Waals surface area (Å²) in [6, 6.07) is 13.8. The summed E-state index contributed by atoms with van der Waals surface area (Å²) < 4.78 is 18.5. The number of hydrogen-bond donors (Lipinski definition) is 1. The first-order valence-electron chi connectivity index (χ1n) is 11.0. The minimum Gasteiger partial charge on any atom is -0.355 e. The third kappa shape index (κ3) is 6.79. The molecular weight excluding hydrogens is 463 g/mol. The number of piperidine rings is 1. The summed E-state index contributed by atoms with van der Waals surface area (Å²) in [7, 11) is 0. The highest BCUT2D eigenvalue weighted by atomic mass is 35.5. The van der Waals surface area contributed by atoms with Crippen molar-refractivity contribution in [3.8, 4) is 11.4 Å². The second-order valence-corrected chi connectivity index (χ2v) is 9.54. The Hall–Kier alpha value is -2.42. The molecule has 1 saturated heterocycles. The number of hydrogen-bond acceptors (Lipinski definition) is 6. The van der Waals surface area contributed by atoms with E-state index >= 15 is 0 Å². The SMILES string of the molecule is O=C(NCCSCc1ccccc1Cl)C1CCCN(Cc2nc(-c3ccc(F)cc3)no2)C1. The Morgan fingerprint density at radius 3 is 2.88 bits per heavy atom. The number of nitrogens with zero attached hydrogens (tertiary/aromatic N) is 3. The van der Waals surface area contributed by atoms with Gasteiger partial charge in [-0.25, -0.2) is 4.39 Å². The van der Waals surface area contributed by atoms with Crippen LogP contribution in [0.25, 0.3) is 11.4 Å². The lowest BCUT2D eigenvalue weighted by molar-refractivity contribution is -0.126. The molecule has 174 valence electrons. The summed E-state index contributed by atoms with van der Waals surface area (Å²) in [4.78, 5) is 19.2. The van der Waals surface area contributed by atoms with Gasteiger partial charge in [-0.3, -0.25) is 9.69 Å². The van der Waals surface area contributed by atoms with Crippen LogP contribution >= 0.6 is 23.4 Å². The highest BCUT2D eigenvalue weighted by molar-refractivity contribution is 7.98. The first kappa shape index (κ1) is 23.7. The van der Waals surface area contributed by atoms with E-state index in [0.29, 0.717) is 36.9 Å². The molecule has 1 aromatic heterocycles. The zero-order valence-corrected chi connectivity index (χ0v) is 19.7. The number of rotatable bonds is 9. The lowest BCUT2D eigenvalue weighted by atomic mass is 9.97. The lowest BCUT2D eigenvalue weighted by Gasteiger charge is -2.30. The van der Waals surface area contributed by atoms with E-state index in [2.05, 4.69) is 20.4 Å². The Kier molecular flexibility index (Phi) is 8.36. The molecule has 6 nitrogen and oxygen atoms in total. The molecule has 33 heavy (non-hydrogen) atoms. The van der Waals surface area contributed by atoms with Crippen LogP contribution in [-0.4, -0.2) is 46.3 Å². The van der Waals surface area contributed by atoms with E-state index in [1.54, 1.807) is 23.9 Å². The number of aromatic nitrogens is 2. The third-order valence-electron chi connectivity index (χ3n) is 5.57. The fourth-order valence-electron chi connectivity index (χ4n) is 3.83. The predicted octanol–water partition coefficient (Wildman–Crippen LogP) is 4.79. The van der Waals surface area contributed by atoms with Crippen LogP contribution in [0.2, 0.25) is 5.02 Å². The Morgan fingerprint density at radius 2 is 2.06 bits per heavy atom. The molecule has 3 aromatic rings. The zero-order valence-electron chi connectivity index (χ0n) is 18.2. The van der Waals surface area contributed by atoms with Gasteiger partial charge in [0.25, 0.3) is 0 Å². The zero-order chi connectivity index (χ0) is 23.0. The number of nitrogens with one attached hydrogen (secondary N) is 1. The van der Waals surface area contributed by atoms with Crippen LogP contribution in [0.3, 0.4) is 0 Å². The number of thioether (sulfide) groups is 1. The molecule has 2 heterocycles. The number of halogens is 2. The fraction of sp³-hybridized carbons (Fsp3) is 0.375. The van der Waals surface area contributed by atoms with Gasteiger partial charge in [0.05, 0.1) is 12.5 Å². The summed E-state index contributed by atoms with van der Waals surface area (Å²) in [6.07, 6.45) is 1.82. The van der Waals surface area contributed by atoms with E-state index in [1.807, 2.05) is 24.3 Å². The maximum absolute atomic E-state index is 13.1. The van der Waals surface area contributed by atoms with Crippen LogP contribution in [0.4, 0.5) is 4.39 Å². The predicted molar refractivity (Wildman–Crippen MR) is 128 cm³/mol. The van der Waals surface area contributed by atoms with Gasteiger partial charge in [0.2, 0.25) is 17.6 Å². The quantitative estimate of drug-likeness (QED) is 0.437. The van der Waals surface area contributed by atoms with Crippen molar-refractivity contribution in [2.24, 2.45) is 5.92 Å². The number of amides is 1. The van der Waals surface area contributed by atoms with Gasteiger partial charge < -0.3 is 9.84 Å². The highest BCUT2D eigenvalue weighted by Gasteiger charge is 2.26. The summed E-state index contributed by atoms with van der Waals surface area (Å²) in [6.45, 7) is 2.67. The van der Waals surface area contributed by atoms with Crippen molar-refractivity contribution in [2.75, 3.05) is 25.4 Å². The smallest absolute Gasteiger partial charge is 0.241 e. The molecule has 2 aromatic carbocycles. The fourth-order valence-corrected chi connectivity index (χ4v) is 4.97. The van der Waals surface area contributed by atoms with Crippen LogP contribution in [0, 0.1) is 11.7 Å². The minimum absolute atomic E-state index is 0.0493. The van der Waals surface area contributed by atoms with Gasteiger partial charge >= 0.3 is 0 Å². The van der Waals surface area contributed by atoms with Gasteiger partial charge in [-0.2, -0.15) is 16.7 Å². The molecule has 1 unspecified atom stereocenters. The average molecular weight is 489 g/mol. The van der Waals surface area contributed by atoms with Gasteiger partial charge in [-0.05, 0) is 55.3 Å². The average Bonchev–Trinajstić information content (AvgIpc) is 3.29. The molecule has 0 bridgehead atoms. The molecule has 1 aliphatic heterocycles. The number of carbonyl (C=O) groups excluding carboxylic acids is 1. The lowest BCUT2D eigenvalue weighted by Crippen LogP contribution is -2.43. The summed E-state index contributed by atoms with van der Waals surface area (Å²) >= 11 is 7.94. The maximum Gasteiger partial charge on any atom is 0.241 e. The normalized spacial score (nSPS) is 16.6. The van der Waals surface area contributed by atoms with Gasteiger partial charge in [-0.15, -0.1) is 0 Å². The molecule has 4 rings (SSSR count). The number of benzene rings is 2. The molecule has 1 atom stereocenters. The molecule has 1 fully saturated rings. The monoisotopic (exact) mass is 488 g/mol. The molecule has 0 saturated carbocycles. The van der Waals surface area contributed by atoms with Crippen molar-refractivity contribution >= 4 is 29.3 Å². The van der Waals surface area contributed by atoms with E-state index in [4.69, 9.17) is 16.1 Å². The number of likely N-dealkylation sites (tertiary alicyclic amines) is 1. The van der Waals surface area contributed by atoms with Crippen LogP contribution in [0.15, 0.2) is 53.1 Å². The van der Waals surface area contributed by atoms with Crippen LogP contribution in [-0.2, 0) is 17.1 Å². The van der Waals surface area contributed by atoms with E-state index in [-0.39, 0.29) is 17.6 Å². The van der Waals surface area contributed by atoms with Gasteiger partial charge in [0.1, 0.15) is 5.82 Å². The van der Waals surface area contributed by atoms with E-state index < -0.39 is 0 Å². The van der Waals surface area contributed by atoms with Crippen LogP contribution in [0.1, 0.15) is 24.3 Å². The van der Waals surface area contributed by atoms with Crippen molar-refractivity contribution in [1.82, 2.24) is 20.4 Å². The topological polar surface area (TPSA) is 71.3 Å². The van der Waals surface area contributed by atoms with E-state index in [9.17, 15) is 9.18 Å². The van der Waals surface area contributed by atoms with Crippen molar-refractivity contribution in [1.29, 1.82) is 0 Å². The second kappa shape index (κ2) is 11.6. The van der Waals surface area contributed by atoms with E-state index in [1.165, 1.54) is 12.1 Å². The molecule has 0 spiro atoms.